The van der Waals surface area contributed by atoms with Gasteiger partial charge in [-0.05, 0) is 31.0 Å². The minimum atomic E-state index is -0.591. The molecule has 0 saturated heterocycles. The smallest absolute Gasteiger partial charge is 0.0819 e. The van der Waals surface area contributed by atoms with Gasteiger partial charge in [0.1, 0.15) is 0 Å². The normalized spacial score (nSPS) is 18.3. The number of nitrogens with one attached hydrogen (secondary N) is 1. The van der Waals surface area contributed by atoms with Crippen molar-refractivity contribution in [1.82, 2.24) is 4.98 Å². The molecule has 0 unspecified atom stereocenters. The molecule has 0 radical (unpaired) electrons. The highest BCUT2D eigenvalue weighted by molar-refractivity contribution is 6.00. The fourth-order valence-electron chi connectivity index (χ4n) is 3.19. The molecule has 21 heavy (non-hydrogen) atoms. The van der Waals surface area contributed by atoms with Crippen molar-refractivity contribution >= 4 is 22.1 Å². The van der Waals surface area contributed by atoms with Crippen LogP contribution in [0.15, 0.2) is 30.6 Å². The topological polar surface area (TPSA) is 71.2 Å². The summed E-state index contributed by atoms with van der Waals surface area (Å²) in [5, 5.41) is 16.2. The summed E-state index contributed by atoms with van der Waals surface area (Å²) in [7, 11) is 0. The van der Waals surface area contributed by atoms with E-state index in [0.717, 1.165) is 47.8 Å². The molecule has 2 aromatic rings. The van der Waals surface area contributed by atoms with Crippen molar-refractivity contribution in [3.05, 3.63) is 30.6 Å². The number of aromatic nitrogens is 1. The number of nitrogen functional groups attached to an aromatic ring is 1. The number of hydrogen-bond donors (Lipinski definition) is 3. The number of anilines is 2. The van der Waals surface area contributed by atoms with Crippen LogP contribution in [0.1, 0.15) is 38.5 Å². The zero-order chi connectivity index (χ0) is 14.7. The fourth-order valence-corrected chi connectivity index (χ4v) is 3.19. The number of hydrogen-bond acceptors (Lipinski definition) is 4. The Balaban J connectivity index is 1.80. The molecule has 1 aliphatic carbocycles. The maximum absolute atomic E-state index is 10.7. The number of nitrogens with two attached hydrogens (primary N) is 1. The first-order valence-corrected chi connectivity index (χ1v) is 7.76. The van der Waals surface area contributed by atoms with Crippen LogP contribution >= 0.6 is 0 Å². The number of rotatable bonds is 3. The molecule has 0 bridgehead atoms. The lowest BCUT2D eigenvalue weighted by atomic mass is 9.94. The van der Waals surface area contributed by atoms with Crippen LogP contribution < -0.4 is 11.1 Å². The van der Waals surface area contributed by atoms with Gasteiger partial charge in [0, 0.05) is 41.1 Å². The van der Waals surface area contributed by atoms with Crippen LogP contribution in [0.4, 0.5) is 11.4 Å². The quantitative estimate of drug-likeness (QED) is 0.597. The summed E-state index contributed by atoms with van der Waals surface area (Å²) in [6.45, 7) is 0.584. The third-order valence-electron chi connectivity index (χ3n) is 4.49. The van der Waals surface area contributed by atoms with Crippen molar-refractivity contribution in [2.75, 3.05) is 17.6 Å². The summed E-state index contributed by atoms with van der Waals surface area (Å²) >= 11 is 0. The largest absolute Gasteiger partial charge is 0.398 e. The fraction of sp³-hybridized carbons (Fsp3) is 0.471. The molecule has 0 aliphatic heterocycles. The molecular formula is C17H23N3O. The summed E-state index contributed by atoms with van der Waals surface area (Å²) in [6, 6.07) is 5.80. The third-order valence-corrected chi connectivity index (χ3v) is 4.49. The third kappa shape index (κ3) is 3.10. The molecule has 1 aliphatic rings. The zero-order valence-corrected chi connectivity index (χ0v) is 12.3. The first-order valence-electron chi connectivity index (χ1n) is 7.76. The molecule has 1 fully saturated rings. The van der Waals surface area contributed by atoms with E-state index in [2.05, 4.69) is 10.3 Å². The van der Waals surface area contributed by atoms with Crippen molar-refractivity contribution < 1.29 is 5.11 Å². The van der Waals surface area contributed by atoms with E-state index in [1.54, 1.807) is 6.20 Å². The predicted molar refractivity (Wildman–Crippen MR) is 87.3 cm³/mol. The molecule has 4 heteroatoms. The zero-order valence-electron chi connectivity index (χ0n) is 12.3. The second-order valence-corrected chi connectivity index (χ2v) is 6.12. The summed E-state index contributed by atoms with van der Waals surface area (Å²) in [5.41, 5.74) is 7.16. The maximum atomic E-state index is 10.7. The van der Waals surface area contributed by atoms with Gasteiger partial charge >= 0.3 is 0 Å². The lowest BCUT2D eigenvalue weighted by molar-refractivity contribution is 0.0381. The van der Waals surface area contributed by atoms with Crippen molar-refractivity contribution in [2.45, 2.75) is 44.1 Å². The Bertz CT molecular complexity index is 618. The molecule has 1 saturated carbocycles. The number of fused-ring (bicyclic) bond motifs is 1. The SMILES string of the molecule is Nc1ccc(NCC2(O)CCCCCC2)c2cnccc12. The van der Waals surface area contributed by atoms with Crippen LogP contribution in [-0.2, 0) is 0 Å². The lowest BCUT2D eigenvalue weighted by Gasteiger charge is -2.27. The monoisotopic (exact) mass is 285 g/mol. The van der Waals surface area contributed by atoms with Crippen LogP contribution in [0.25, 0.3) is 10.8 Å². The van der Waals surface area contributed by atoms with Gasteiger partial charge in [0.2, 0.25) is 0 Å². The van der Waals surface area contributed by atoms with Gasteiger partial charge in [-0.25, -0.2) is 0 Å². The van der Waals surface area contributed by atoms with E-state index < -0.39 is 5.60 Å². The van der Waals surface area contributed by atoms with Crippen LogP contribution in [0.2, 0.25) is 0 Å². The van der Waals surface area contributed by atoms with Crippen molar-refractivity contribution in [2.24, 2.45) is 0 Å². The van der Waals surface area contributed by atoms with Crippen molar-refractivity contribution in [3.8, 4) is 0 Å². The molecule has 112 valence electrons. The van der Waals surface area contributed by atoms with Gasteiger partial charge in [0.05, 0.1) is 5.60 Å². The molecular weight excluding hydrogens is 262 g/mol. The number of aliphatic hydroxyl groups is 1. The molecule has 1 aromatic heterocycles. The van der Waals surface area contributed by atoms with Crippen molar-refractivity contribution in [3.63, 3.8) is 0 Å². The van der Waals surface area contributed by atoms with Gasteiger partial charge in [0.15, 0.2) is 0 Å². The van der Waals surface area contributed by atoms with Crippen LogP contribution in [0.3, 0.4) is 0 Å². The Kier molecular flexibility index (Phi) is 3.97. The van der Waals surface area contributed by atoms with Gasteiger partial charge in [0.25, 0.3) is 0 Å². The summed E-state index contributed by atoms with van der Waals surface area (Å²) < 4.78 is 0. The molecule has 4 N–H and O–H groups in total. The van der Waals surface area contributed by atoms with Gasteiger partial charge in [-0.3, -0.25) is 4.98 Å². The molecule has 0 amide bonds. The summed E-state index contributed by atoms with van der Waals surface area (Å²) in [5.74, 6) is 0. The highest BCUT2D eigenvalue weighted by Crippen LogP contribution is 2.30. The highest BCUT2D eigenvalue weighted by atomic mass is 16.3. The van der Waals surface area contributed by atoms with Crippen LogP contribution in [0.5, 0.6) is 0 Å². The minimum absolute atomic E-state index is 0.584. The molecule has 1 heterocycles. The predicted octanol–water partition coefficient (Wildman–Crippen LogP) is 3.31. The number of benzene rings is 1. The van der Waals surface area contributed by atoms with E-state index in [1.165, 1.54) is 12.8 Å². The van der Waals surface area contributed by atoms with E-state index in [-0.39, 0.29) is 0 Å². The van der Waals surface area contributed by atoms with E-state index >= 15 is 0 Å². The first kappa shape index (κ1) is 14.1. The maximum Gasteiger partial charge on any atom is 0.0819 e. The Hall–Kier alpha value is -1.81. The Morgan fingerprint density at radius 3 is 2.62 bits per heavy atom. The van der Waals surface area contributed by atoms with Gasteiger partial charge in [-0.1, -0.05) is 25.7 Å². The minimum Gasteiger partial charge on any atom is -0.398 e. The van der Waals surface area contributed by atoms with Crippen molar-refractivity contribution in [1.29, 1.82) is 0 Å². The van der Waals surface area contributed by atoms with Crippen LogP contribution in [0, 0.1) is 0 Å². The van der Waals surface area contributed by atoms with Gasteiger partial charge in [-0.15, -0.1) is 0 Å². The molecule has 4 nitrogen and oxygen atoms in total. The van der Waals surface area contributed by atoms with Gasteiger partial charge in [-0.2, -0.15) is 0 Å². The van der Waals surface area contributed by atoms with E-state index in [4.69, 9.17) is 5.73 Å². The highest BCUT2D eigenvalue weighted by Gasteiger charge is 2.27. The second-order valence-electron chi connectivity index (χ2n) is 6.12. The number of nitrogens with zero attached hydrogens (tertiary/aromatic N) is 1. The Morgan fingerprint density at radius 1 is 1.10 bits per heavy atom. The lowest BCUT2D eigenvalue weighted by Crippen LogP contribution is -2.36. The number of pyridine rings is 1. The van der Waals surface area contributed by atoms with E-state index in [1.807, 2.05) is 24.4 Å². The molecule has 0 atom stereocenters. The molecule has 1 aromatic carbocycles. The average Bonchev–Trinajstić information content (AvgIpc) is 2.72. The summed E-state index contributed by atoms with van der Waals surface area (Å²) in [4.78, 5) is 4.18. The van der Waals surface area contributed by atoms with E-state index in [9.17, 15) is 5.11 Å². The molecule has 3 rings (SSSR count). The second kappa shape index (κ2) is 5.90. The summed E-state index contributed by atoms with van der Waals surface area (Å²) in [6.07, 6.45) is 10.0. The average molecular weight is 285 g/mol. The van der Waals surface area contributed by atoms with E-state index in [0.29, 0.717) is 6.54 Å². The first-order chi connectivity index (χ1) is 10.2. The van der Waals surface area contributed by atoms with Crippen LogP contribution in [-0.4, -0.2) is 22.2 Å². The Morgan fingerprint density at radius 2 is 1.86 bits per heavy atom. The van der Waals surface area contributed by atoms with Gasteiger partial charge < -0.3 is 16.2 Å². The molecule has 0 spiro atoms. The Labute approximate surface area is 125 Å². The standard InChI is InChI=1S/C17H23N3O/c18-15-5-6-16(14-11-19-10-7-13(14)15)20-12-17(21)8-3-1-2-4-9-17/h5-7,10-11,20-21H,1-4,8-9,12,18H2.